The molecule has 196 valence electrons. The molecule has 2 N–H and O–H groups in total. The highest BCUT2D eigenvalue weighted by atomic mass is 79.9. The van der Waals surface area contributed by atoms with Gasteiger partial charge in [-0.25, -0.2) is 8.42 Å². The molecule has 2 aromatic carbocycles. The number of unbranched alkanes of at least 4 members (excludes halogenated alkanes) is 3. The maximum Gasteiger partial charge on any atom is 0.257 e. The molecule has 3 rings (SSSR count). The highest BCUT2D eigenvalue weighted by molar-refractivity contribution is 9.10. The number of rotatable bonds is 10. The number of ether oxygens (including phenoxy) is 1. The lowest BCUT2D eigenvalue weighted by Crippen LogP contribution is -2.37. The van der Waals surface area contributed by atoms with E-state index in [-0.39, 0.29) is 15.9 Å². The first-order valence-corrected chi connectivity index (χ1v) is 15.0. The Hall–Kier alpha value is -2.01. The van der Waals surface area contributed by atoms with Gasteiger partial charge in [0.25, 0.3) is 5.91 Å². The average Bonchev–Trinajstić information content (AvgIpc) is 2.85. The molecule has 1 fully saturated rings. The molecule has 0 radical (unpaired) electrons. The van der Waals surface area contributed by atoms with Crippen molar-refractivity contribution in [2.24, 2.45) is 5.92 Å². The van der Waals surface area contributed by atoms with E-state index in [1.807, 2.05) is 0 Å². The average molecular weight is 597 g/mol. The van der Waals surface area contributed by atoms with Crippen LogP contribution in [-0.4, -0.2) is 43.4 Å². The van der Waals surface area contributed by atoms with Gasteiger partial charge < -0.3 is 10.1 Å². The Morgan fingerprint density at radius 2 is 1.81 bits per heavy atom. The van der Waals surface area contributed by atoms with Crippen molar-refractivity contribution in [3.8, 4) is 5.75 Å². The molecule has 0 aromatic heterocycles. The van der Waals surface area contributed by atoms with Crippen LogP contribution in [0.3, 0.4) is 0 Å². The van der Waals surface area contributed by atoms with Gasteiger partial charge in [-0.3, -0.25) is 10.1 Å². The number of piperidine rings is 1. The van der Waals surface area contributed by atoms with Crippen LogP contribution in [0.1, 0.15) is 62.7 Å². The first kappa shape index (κ1) is 28.6. The molecule has 10 heteroatoms. The van der Waals surface area contributed by atoms with E-state index in [0.29, 0.717) is 47.1 Å². The Labute approximate surface area is 228 Å². The monoisotopic (exact) mass is 595 g/mol. The summed E-state index contributed by atoms with van der Waals surface area (Å²) < 4.78 is 33.8. The number of halogens is 1. The van der Waals surface area contributed by atoms with Crippen molar-refractivity contribution >= 4 is 54.9 Å². The predicted molar refractivity (Wildman–Crippen MR) is 151 cm³/mol. The second-order valence-corrected chi connectivity index (χ2v) is 12.3. The summed E-state index contributed by atoms with van der Waals surface area (Å²) in [5, 5.41) is 5.70. The summed E-state index contributed by atoms with van der Waals surface area (Å²) >= 11 is 8.74. The molecule has 0 bridgehead atoms. The van der Waals surface area contributed by atoms with Gasteiger partial charge in [-0.2, -0.15) is 4.31 Å². The lowest BCUT2D eigenvalue weighted by atomic mass is 10.0. The maximum atomic E-state index is 12.9. The van der Waals surface area contributed by atoms with Crippen molar-refractivity contribution in [3.05, 3.63) is 52.5 Å². The third kappa shape index (κ3) is 7.99. The Kier molecular flexibility index (Phi) is 10.7. The van der Waals surface area contributed by atoms with Crippen LogP contribution in [0.5, 0.6) is 5.75 Å². The van der Waals surface area contributed by atoms with E-state index < -0.39 is 10.0 Å². The van der Waals surface area contributed by atoms with Gasteiger partial charge in [0.1, 0.15) is 5.75 Å². The van der Waals surface area contributed by atoms with Crippen LogP contribution in [0.2, 0.25) is 0 Å². The van der Waals surface area contributed by atoms with Crippen LogP contribution < -0.4 is 15.4 Å². The summed E-state index contributed by atoms with van der Waals surface area (Å²) in [5.74, 6) is 0.881. The van der Waals surface area contributed by atoms with Crippen LogP contribution in [0, 0.1) is 5.92 Å². The van der Waals surface area contributed by atoms with Gasteiger partial charge in [-0.05, 0) is 95.8 Å². The second-order valence-electron chi connectivity index (χ2n) is 9.07. The molecule has 0 aliphatic carbocycles. The third-order valence-corrected chi connectivity index (χ3v) is 8.91. The van der Waals surface area contributed by atoms with Crippen molar-refractivity contribution in [1.29, 1.82) is 0 Å². The smallest absolute Gasteiger partial charge is 0.257 e. The molecular formula is C26H34BrN3O4S2. The lowest BCUT2D eigenvalue weighted by Gasteiger charge is -2.29. The zero-order valence-electron chi connectivity index (χ0n) is 20.8. The number of carbonyl (C=O) groups excluding carboxylic acids is 1. The number of thiocarbonyl (C=S) groups is 1. The first-order valence-electron chi connectivity index (χ1n) is 12.4. The quantitative estimate of drug-likeness (QED) is 0.260. The first-order chi connectivity index (χ1) is 17.2. The number of hydrogen-bond donors (Lipinski definition) is 2. The number of sulfonamides is 1. The van der Waals surface area contributed by atoms with E-state index >= 15 is 0 Å². The van der Waals surface area contributed by atoms with Crippen molar-refractivity contribution in [2.45, 2.75) is 57.3 Å². The van der Waals surface area contributed by atoms with E-state index in [0.717, 1.165) is 25.7 Å². The van der Waals surface area contributed by atoms with Crippen molar-refractivity contribution < 1.29 is 17.9 Å². The van der Waals surface area contributed by atoms with E-state index in [2.05, 4.69) is 40.4 Å². The van der Waals surface area contributed by atoms with Gasteiger partial charge in [-0.15, -0.1) is 0 Å². The summed E-state index contributed by atoms with van der Waals surface area (Å²) in [6.45, 7) is 6.03. The summed E-state index contributed by atoms with van der Waals surface area (Å²) in [6.07, 6.45) is 6.24. The van der Waals surface area contributed by atoms with E-state index in [1.54, 1.807) is 46.8 Å². The minimum atomic E-state index is -3.52. The molecule has 1 aliphatic heterocycles. The summed E-state index contributed by atoms with van der Waals surface area (Å²) in [5.41, 5.74) is 1.01. The molecule has 0 unspecified atom stereocenters. The molecule has 2 aromatic rings. The van der Waals surface area contributed by atoms with Crippen LogP contribution in [0.25, 0.3) is 0 Å². The zero-order valence-corrected chi connectivity index (χ0v) is 24.0. The van der Waals surface area contributed by atoms with Crippen molar-refractivity contribution in [3.63, 3.8) is 0 Å². The highest BCUT2D eigenvalue weighted by Crippen LogP contribution is 2.27. The Morgan fingerprint density at radius 3 is 2.44 bits per heavy atom. The van der Waals surface area contributed by atoms with Gasteiger partial charge in [0, 0.05) is 24.3 Å². The normalized spacial score (nSPS) is 14.9. The van der Waals surface area contributed by atoms with Crippen molar-refractivity contribution in [1.82, 2.24) is 9.62 Å². The van der Waals surface area contributed by atoms with Gasteiger partial charge in [0.2, 0.25) is 10.0 Å². The molecule has 1 saturated heterocycles. The minimum Gasteiger partial charge on any atom is -0.492 e. The fourth-order valence-corrected chi connectivity index (χ4v) is 6.07. The predicted octanol–water partition coefficient (Wildman–Crippen LogP) is 5.96. The number of hydrogen-bond acceptors (Lipinski definition) is 5. The summed E-state index contributed by atoms with van der Waals surface area (Å²) in [7, 11) is -3.52. The molecular weight excluding hydrogens is 562 g/mol. The minimum absolute atomic E-state index is 0.119. The van der Waals surface area contributed by atoms with E-state index in [4.69, 9.17) is 17.0 Å². The molecule has 0 atom stereocenters. The lowest BCUT2D eigenvalue weighted by molar-refractivity contribution is 0.0977. The largest absolute Gasteiger partial charge is 0.492 e. The molecule has 36 heavy (non-hydrogen) atoms. The second kappa shape index (κ2) is 13.5. The Balaban J connectivity index is 1.52. The number of amides is 1. The standard InChI is InChI=1S/C26H34BrN3O4S2/c1-3-4-5-6-17-34-24-12-7-20(18-23(24)27)25(31)29-26(35)28-21-8-10-22(11-9-21)36(32,33)30-15-13-19(2)14-16-30/h7-12,18-19H,3-6,13-17H2,1-2H3,(H2,28,29,31,35). The highest BCUT2D eigenvalue weighted by Gasteiger charge is 2.27. The van der Waals surface area contributed by atoms with E-state index in [1.165, 1.54) is 12.8 Å². The van der Waals surface area contributed by atoms with Crippen LogP contribution in [-0.2, 0) is 10.0 Å². The van der Waals surface area contributed by atoms with Gasteiger partial charge >= 0.3 is 0 Å². The fourth-order valence-electron chi connectivity index (χ4n) is 3.89. The summed E-state index contributed by atoms with van der Waals surface area (Å²) in [4.78, 5) is 12.9. The van der Waals surface area contributed by atoms with Gasteiger partial charge in [0.05, 0.1) is 16.0 Å². The molecule has 0 spiro atoms. The number of benzene rings is 2. The SMILES string of the molecule is CCCCCCOc1ccc(C(=O)NC(=S)Nc2ccc(S(=O)(=O)N3CCC(C)CC3)cc2)cc1Br. The van der Waals surface area contributed by atoms with E-state index in [9.17, 15) is 13.2 Å². The molecule has 1 amide bonds. The molecule has 1 heterocycles. The number of carbonyl (C=O) groups is 1. The Morgan fingerprint density at radius 1 is 1.11 bits per heavy atom. The number of nitrogens with zero attached hydrogens (tertiary/aromatic N) is 1. The topological polar surface area (TPSA) is 87.7 Å². The number of anilines is 1. The van der Waals surface area contributed by atoms with Gasteiger partial charge in [0.15, 0.2) is 5.11 Å². The van der Waals surface area contributed by atoms with Crippen LogP contribution in [0.15, 0.2) is 51.8 Å². The van der Waals surface area contributed by atoms with Crippen LogP contribution >= 0.6 is 28.1 Å². The zero-order chi connectivity index (χ0) is 26.1. The number of nitrogens with one attached hydrogen (secondary N) is 2. The molecule has 1 aliphatic rings. The van der Waals surface area contributed by atoms with Crippen molar-refractivity contribution in [2.75, 3.05) is 25.0 Å². The summed E-state index contributed by atoms with van der Waals surface area (Å²) in [6, 6.07) is 11.5. The Bertz CT molecular complexity index is 1150. The fraction of sp³-hybridized carbons (Fsp3) is 0.462. The molecule has 0 saturated carbocycles. The third-order valence-electron chi connectivity index (χ3n) is 6.17. The van der Waals surface area contributed by atoms with Crippen LogP contribution in [0.4, 0.5) is 5.69 Å². The van der Waals surface area contributed by atoms with Gasteiger partial charge in [-0.1, -0.05) is 33.1 Å². The molecule has 7 nitrogen and oxygen atoms in total. The maximum absolute atomic E-state index is 12.9.